The molecule has 1 heterocycles. The zero-order valence-corrected chi connectivity index (χ0v) is 15.0. The van der Waals surface area contributed by atoms with Crippen LogP contribution in [-0.2, 0) is 20.7 Å². The second-order valence-corrected chi connectivity index (χ2v) is 6.66. The molecule has 3 rings (SSSR count). The number of rotatable bonds is 7. The van der Waals surface area contributed by atoms with E-state index in [1.807, 2.05) is 0 Å². The van der Waals surface area contributed by atoms with Gasteiger partial charge in [0, 0.05) is 23.0 Å². The molecule has 138 valence electrons. The zero-order valence-electron chi connectivity index (χ0n) is 14.2. The lowest BCUT2D eigenvalue weighted by atomic mass is 10.2. The van der Waals surface area contributed by atoms with E-state index in [0.717, 1.165) is 31.2 Å². The summed E-state index contributed by atoms with van der Waals surface area (Å²) in [5.74, 6) is 0.0363. The normalized spacial score (nSPS) is 14.3. The number of hydrogen-bond donors (Lipinski definition) is 1. The summed E-state index contributed by atoms with van der Waals surface area (Å²) >= 11 is 5.84. The van der Waals surface area contributed by atoms with Crippen LogP contribution in [0.2, 0.25) is 5.02 Å². The van der Waals surface area contributed by atoms with Gasteiger partial charge < -0.3 is 14.6 Å². The topological polar surface area (TPSA) is 94.3 Å². The third kappa shape index (κ3) is 5.29. The summed E-state index contributed by atoms with van der Waals surface area (Å²) in [5, 5.41) is 7.37. The molecule has 1 aliphatic rings. The highest BCUT2D eigenvalue weighted by Gasteiger charge is 2.18. The maximum atomic E-state index is 11.8. The molecule has 0 aliphatic heterocycles. The molecule has 1 saturated carbocycles. The number of ether oxygens (including phenoxy) is 1. The first kappa shape index (κ1) is 18.4. The van der Waals surface area contributed by atoms with Crippen molar-refractivity contribution in [1.82, 2.24) is 15.5 Å². The van der Waals surface area contributed by atoms with Crippen LogP contribution in [-0.4, -0.2) is 34.7 Å². The quantitative estimate of drug-likeness (QED) is 0.745. The zero-order chi connectivity index (χ0) is 18.4. The molecule has 0 saturated heterocycles. The minimum atomic E-state index is -0.474. The Labute approximate surface area is 156 Å². The Hall–Kier alpha value is -2.41. The van der Waals surface area contributed by atoms with Crippen LogP contribution in [0, 0.1) is 0 Å². The number of halogens is 1. The van der Waals surface area contributed by atoms with Crippen molar-refractivity contribution < 1.29 is 18.8 Å². The number of aromatic nitrogens is 2. The van der Waals surface area contributed by atoms with E-state index in [1.165, 1.54) is 0 Å². The molecule has 8 heteroatoms. The fourth-order valence-electron chi connectivity index (χ4n) is 2.84. The lowest BCUT2D eigenvalue weighted by molar-refractivity contribution is -0.148. The van der Waals surface area contributed by atoms with Crippen LogP contribution in [0.15, 0.2) is 28.8 Å². The Morgan fingerprint density at radius 2 is 1.96 bits per heavy atom. The van der Waals surface area contributed by atoms with Crippen molar-refractivity contribution in [2.45, 2.75) is 44.6 Å². The summed E-state index contributed by atoms with van der Waals surface area (Å²) in [7, 11) is 0. The van der Waals surface area contributed by atoms with Crippen LogP contribution in [0.25, 0.3) is 11.4 Å². The largest absolute Gasteiger partial charge is 0.456 e. The van der Waals surface area contributed by atoms with Gasteiger partial charge in [-0.3, -0.25) is 9.59 Å². The molecule has 0 atom stereocenters. The van der Waals surface area contributed by atoms with E-state index in [2.05, 4.69) is 15.5 Å². The molecule has 1 fully saturated rings. The molecule has 0 unspecified atom stereocenters. The average Bonchev–Trinajstić information content (AvgIpc) is 3.31. The van der Waals surface area contributed by atoms with Gasteiger partial charge >= 0.3 is 5.97 Å². The number of amides is 1. The van der Waals surface area contributed by atoms with Gasteiger partial charge in [-0.1, -0.05) is 29.6 Å². The van der Waals surface area contributed by atoms with Crippen LogP contribution in [0.3, 0.4) is 0 Å². The molecule has 2 aromatic rings. The van der Waals surface area contributed by atoms with E-state index >= 15 is 0 Å². The number of benzene rings is 1. The molecule has 0 radical (unpaired) electrons. The van der Waals surface area contributed by atoms with Gasteiger partial charge in [-0.05, 0) is 37.1 Å². The van der Waals surface area contributed by atoms with Crippen LogP contribution in [0.4, 0.5) is 0 Å². The number of aryl methyl sites for hydroxylation is 1. The van der Waals surface area contributed by atoms with Gasteiger partial charge in [0.2, 0.25) is 11.7 Å². The Balaban J connectivity index is 1.40. The molecule has 7 nitrogen and oxygen atoms in total. The number of nitrogens with one attached hydrogen (secondary N) is 1. The molecule has 1 amide bonds. The van der Waals surface area contributed by atoms with Gasteiger partial charge in [0.1, 0.15) is 0 Å². The van der Waals surface area contributed by atoms with Crippen molar-refractivity contribution in [1.29, 1.82) is 0 Å². The highest BCUT2D eigenvalue weighted by molar-refractivity contribution is 6.30. The minimum absolute atomic E-state index is 0.0684. The Morgan fingerprint density at radius 1 is 1.23 bits per heavy atom. The smallest absolute Gasteiger partial charge is 0.306 e. The average molecular weight is 378 g/mol. The fourth-order valence-corrected chi connectivity index (χ4v) is 2.97. The van der Waals surface area contributed by atoms with Crippen LogP contribution < -0.4 is 5.32 Å². The van der Waals surface area contributed by atoms with Crippen LogP contribution >= 0.6 is 11.6 Å². The van der Waals surface area contributed by atoms with Gasteiger partial charge in [-0.15, -0.1) is 0 Å². The van der Waals surface area contributed by atoms with E-state index in [9.17, 15) is 9.59 Å². The van der Waals surface area contributed by atoms with E-state index in [1.54, 1.807) is 24.3 Å². The van der Waals surface area contributed by atoms with E-state index in [0.29, 0.717) is 16.7 Å². The molecule has 1 aliphatic carbocycles. The van der Waals surface area contributed by atoms with Crippen molar-refractivity contribution in [3.63, 3.8) is 0 Å². The fraction of sp³-hybridized carbons (Fsp3) is 0.444. The third-order valence-electron chi connectivity index (χ3n) is 4.20. The summed E-state index contributed by atoms with van der Waals surface area (Å²) in [6.45, 7) is -0.255. The summed E-state index contributed by atoms with van der Waals surface area (Å²) in [4.78, 5) is 27.7. The second kappa shape index (κ2) is 8.80. The van der Waals surface area contributed by atoms with Gasteiger partial charge in [-0.25, -0.2) is 0 Å². The maximum absolute atomic E-state index is 11.8. The van der Waals surface area contributed by atoms with E-state index < -0.39 is 5.97 Å². The molecule has 1 aromatic carbocycles. The van der Waals surface area contributed by atoms with Crippen LogP contribution in [0.5, 0.6) is 0 Å². The second-order valence-electron chi connectivity index (χ2n) is 6.23. The predicted octanol–water partition coefficient (Wildman–Crippen LogP) is 2.92. The van der Waals surface area contributed by atoms with Crippen molar-refractivity contribution >= 4 is 23.5 Å². The van der Waals surface area contributed by atoms with Gasteiger partial charge in [0.05, 0.1) is 6.42 Å². The predicted molar refractivity (Wildman–Crippen MR) is 94.4 cm³/mol. The first-order valence-electron chi connectivity index (χ1n) is 8.63. The van der Waals surface area contributed by atoms with Gasteiger partial charge in [0.15, 0.2) is 6.61 Å². The lowest BCUT2D eigenvalue weighted by Crippen LogP contribution is -2.35. The highest BCUT2D eigenvalue weighted by Crippen LogP contribution is 2.19. The first-order valence-corrected chi connectivity index (χ1v) is 9.01. The molecule has 0 spiro atoms. The van der Waals surface area contributed by atoms with Crippen molar-refractivity contribution in [3.8, 4) is 11.4 Å². The standard InChI is InChI=1S/C18H20ClN3O4/c19-13-7-5-12(6-8-13)18-21-16(26-22-18)9-10-17(24)25-11-15(23)20-14-3-1-2-4-14/h5-8,14H,1-4,9-11H2,(H,20,23). The lowest BCUT2D eigenvalue weighted by Gasteiger charge is -2.11. The first-order chi connectivity index (χ1) is 12.6. The Kier molecular flexibility index (Phi) is 6.22. The maximum Gasteiger partial charge on any atom is 0.306 e. The minimum Gasteiger partial charge on any atom is -0.456 e. The number of carbonyl (C=O) groups excluding carboxylic acids is 2. The molecular formula is C18H20ClN3O4. The number of hydrogen-bond acceptors (Lipinski definition) is 6. The molecule has 1 aromatic heterocycles. The van der Waals surface area contributed by atoms with Gasteiger partial charge in [0.25, 0.3) is 5.91 Å². The Bertz CT molecular complexity index is 754. The van der Waals surface area contributed by atoms with Crippen molar-refractivity contribution in [2.75, 3.05) is 6.61 Å². The van der Waals surface area contributed by atoms with Crippen molar-refractivity contribution in [2.24, 2.45) is 0 Å². The third-order valence-corrected chi connectivity index (χ3v) is 4.45. The number of nitrogens with zero attached hydrogens (tertiary/aromatic N) is 2. The molecule has 26 heavy (non-hydrogen) atoms. The van der Waals surface area contributed by atoms with E-state index in [4.69, 9.17) is 20.9 Å². The summed E-state index contributed by atoms with van der Waals surface area (Å²) in [6, 6.07) is 7.26. The van der Waals surface area contributed by atoms with Crippen LogP contribution in [0.1, 0.15) is 38.0 Å². The van der Waals surface area contributed by atoms with E-state index in [-0.39, 0.29) is 31.4 Å². The molecule has 1 N–H and O–H groups in total. The summed E-state index contributed by atoms with van der Waals surface area (Å²) in [6.07, 6.45) is 4.57. The SMILES string of the molecule is O=C(COC(=O)CCc1nc(-c2ccc(Cl)cc2)no1)NC1CCCC1. The molecule has 0 bridgehead atoms. The van der Waals surface area contributed by atoms with Gasteiger partial charge in [-0.2, -0.15) is 4.98 Å². The summed E-state index contributed by atoms with van der Waals surface area (Å²) < 4.78 is 10.1. The Morgan fingerprint density at radius 3 is 2.69 bits per heavy atom. The number of carbonyl (C=O) groups is 2. The van der Waals surface area contributed by atoms with Crippen molar-refractivity contribution in [3.05, 3.63) is 35.2 Å². The summed E-state index contributed by atoms with van der Waals surface area (Å²) in [5.41, 5.74) is 0.774. The highest BCUT2D eigenvalue weighted by atomic mass is 35.5. The monoisotopic (exact) mass is 377 g/mol. The molecular weight excluding hydrogens is 358 g/mol. The number of esters is 1.